The molecule has 8 nitrogen and oxygen atoms in total. The first-order valence-corrected chi connectivity index (χ1v) is 9.61. The van der Waals surface area contributed by atoms with Crippen LogP contribution in [0.25, 0.3) is 0 Å². The minimum atomic E-state index is -0.559. The van der Waals surface area contributed by atoms with Crippen molar-refractivity contribution in [2.45, 2.75) is 0 Å². The fraction of sp³-hybridized carbons (Fsp3) is 0.125. The van der Waals surface area contributed by atoms with E-state index in [9.17, 15) is 14.9 Å². The molecule has 1 amide bonds. The number of nitrogens with one attached hydrogen (secondary N) is 1. The maximum atomic E-state index is 11.9. The predicted octanol–water partition coefficient (Wildman–Crippen LogP) is 4.42. The molecule has 0 fully saturated rings. The molecule has 2 aromatic rings. The number of ether oxygens (including phenoxy) is 2. The Labute approximate surface area is 179 Å². The predicted molar refractivity (Wildman–Crippen MR) is 110 cm³/mol. The summed E-state index contributed by atoms with van der Waals surface area (Å²) in [5.41, 5.74) is 2.53. The van der Waals surface area contributed by atoms with Gasteiger partial charge < -0.3 is 9.47 Å². The molecule has 0 heterocycles. The number of hydrogen-bond donors (Lipinski definition) is 1. The van der Waals surface area contributed by atoms with Crippen molar-refractivity contribution >= 4 is 65.6 Å². The normalized spacial score (nSPS) is 10.7. The second-order valence-corrected chi connectivity index (χ2v) is 7.59. The third-order valence-corrected chi connectivity index (χ3v) is 4.75. The van der Waals surface area contributed by atoms with E-state index in [1.165, 1.54) is 25.5 Å². The SMILES string of the molecule is COc1ccc(/C=N\NC(=O)COc2c(Br)cc(Br)cc2Br)cc1[N+](=O)[O-]. The highest BCUT2D eigenvalue weighted by Crippen LogP contribution is 2.36. The number of carbonyl (C=O) groups is 1. The van der Waals surface area contributed by atoms with E-state index in [0.29, 0.717) is 20.3 Å². The Morgan fingerprint density at radius 3 is 2.52 bits per heavy atom. The lowest BCUT2D eigenvalue weighted by Crippen LogP contribution is -2.24. The third-order valence-electron chi connectivity index (χ3n) is 3.11. The first kappa shape index (κ1) is 21.3. The van der Waals surface area contributed by atoms with Gasteiger partial charge in [0.25, 0.3) is 5.91 Å². The van der Waals surface area contributed by atoms with Gasteiger partial charge in [0.15, 0.2) is 12.4 Å². The zero-order valence-electron chi connectivity index (χ0n) is 13.7. The number of halogens is 3. The lowest BCUT2D eigenvalue weighted by Gasteiger charge is -2.09. The Morgan fingerprint density at radius 1 is 1.26 bits per heavy atom. The molecule has 27 heavy (non-hydrogen) atoms. The molecule has 142 valence electrons. The maximum Gasteiger partial charge on any atom is 0.311 e. The quantitative estimate of drug-likeness (QED) is 0.304. The number of hydrogen-bond acceptors (Lipinski definition) is 6. The van der Waals surface area contributed by atoms with Crippen molar-refractivity contribution in [3.05, 3.63) is 59.4 Å². The van der Waals surface area contributed by atoms with E-state index in [0.717, 1.165) is 4.47 Å². The number of methoxy groups -OCH3 is 1. The van der Waals surface area contributed by atoms with E-state index in [4.69, 9.17) is 9.47 Å². The number of carbonyl (C=O) groups excluding carboxylic acids is 1. The van der Waals surface area contributed by atoms with Gasteiger partial charge in [-0.05, 0) is 56.1 Å². The van der Waals surface area contributed by atoms with Crippen molar-refractivity contribution in [3.8, 4) is 11.5 Å². The molecule has 0 radical (unpaired) electrons. The summed E-state index contributed by atoms with van der Waals surface area (Å²) in [6.07, 6.45) is 1.29. The Hall–Kier alpha value is -1.98. The summed E-state index contributed by atoms with van der Waals surface area (Å²) < 4.78 is 12.6. The van der Waals surface area contributed by atoms with Crippen LogP contribution in [0.4, 0.5) is 5.69 Å². The van der Waals surface area contributed by atoms with Gasteiger partial charge in [-0.25, -0.2) is 5.43 Å². The van der Waals surface area contributed by atoms with Gasteiger partial charge in [0, 0.05) is 16.1 Å². The molecule has 0 saturated heterocycles. The first-order chi connectivity index (χ1) is 12.8. The molecule has 0 aliphatic heterocycles. The van der Waals surface area contributed by atoms with Crippen LogP contribution in [0.15, 0.2) is 48.9 Å². The van der Waals surface area contributed by atoms with Crippen molar-refractivity contribution in [3.63, 3.8) is 0 Å². The summed E-state index contributed by atoms with van der Waals surface area (Å²) in [7, 11) is 1.35. The topological polar surface area (TPSA) is 103 Å². The van der Waals surface area contributed by atoms with E-state index < -0.39 is 10.8 Å². The van der Waals surface area contributed by atoms with Crippen LogP contribution in [-0.4, -0.2) is 30.8 Å². The van der Waals surface area contributed by atoms with E-state index >= 15 is 0 Å². The number of rotatable bonds is 7. The van der Waals surface area contributed by atoms with Gasteiger partial charge in [-0.15, -0.1) is 0 Å². The number of nitrogens with zero attached hydrogens (tertiary/aromatic N) is 2. The molecule has 2 rings (SSSR count). The number of benzene rings is 2. The molecule has 0 aliphatic rings. The number of amides is 1. The van der Waals surface area contributed by atoms with Gasteiger partial charge in [-0.3, -0.25) is 14.9 Å². The fourth-order valence-electron chi connectivity index (χ4n) is 1.95. The van der Waals surface area contributed by atoms with Crippen LogP contribution < -0.4 is 14.9 Å². The van der Waals surface area contributed by atoms with Gasteiger partial charge in [0.1, 0.15) is 5.75 Å². The van der Waals surface area contributed by atoms with Crippen molar-refractivity contribution in [1.29, 1.82) is 0 Å². The molecule has 2 aromatic carbocycles. The largest absolute Gasteiger partial charge is 0.490 e. The molecule has 0 atom stereocenters. The van der Waals surface area contributed by atoms with Gasteiger partial charge in [-0.2, -0.15) is 5.10 Å². The standard InChI is InChI=1S/C16H12Br3N3O5/c1-26-14-3-2-9(4-13(14)22(24)25)7-20-21-15(23)8-27-16-11(18)5-10(17)6-12(16)19/h2-7H,8H2,1H3,(H,21,23)/b20-7-. The molecule has 0 aliphatic carbocycles. The Kier molecular flexibility index (Phi) is 7.75. The average molecular weight is 566 g/mol. The smallest absolute Gasteiger partial charge is 0.311 e. The molecule has 0 unspecified atom stereocenters. The minimum absolute atomic E-state index is 0.139. The highest BCUT2D eigenvalue weighted by atomic mass is 79.9. The van der Waals surface area contributed by atoms with Crippen LogP contribution in [0.1, 0.15) is 5.56 Å². The molecular weight excluding hydrogens is 554 g/mol. The van der Waals surface area contributed by atoms with Crippen LogP contribution in [0.3, 0.4) is 0 Å². The zero-order valence-corrected chi connectivity index (χ0v) is 18.5. The van der Waals surface area contributed by atoms with Crippen LogP contribution in [0.2, 0.25) is 0 Å². The van der Waals surface area contributed by atoms with Crippen molar-refractivity contribution in [1.82, 2.24) is 5.43 Å². The zero-order chi connectivity index (χ0) is 20.0. The van der Waals surface area contributed by atoms with Crippen LogP contribution in [0, 0.1) is 10.1 Å². The molecule has 0 saturated carbocycles. The van der Waals surface area contributed by atoms with Crippen molar-refractivity contribution in [2.24, 2.45) is 5.10 Å². The Balaban J connectivity index is 1.96. The summed E-state index contributed by atoms with van der Waals surface area (Å²) in [6.45, 7) is -0.265. The molecule has 0 spiro atoms. The minimum Gasteiger partial charge on any atom is -0.490 e. The summed E-state index contributed by atoms with van der Waals surface area (Å²) in [5, 5.41) is 14.8. The van der Waals surface area contributed by atoms with E-state index in [2.05, 4.69) is 58.3 Å². The Morgan fingerprint density at radius 2 is 1.93 bits per heavy atom. The monoisotopic (exact) mass is 563 g/mol. The van der Waals surface area contributed by atoms with Crippen molar-refractivity contribution in [2.75, 3.05) is 13.7 Å². The molecule has 0 aromatic heterocycles. The van der Waals surface area contributed by atoms with E-state index in [1.54, 1.807) is 18.2 Å². The molecular formula is C16H12Br3N3O5. The Bertz CT molecular complexity index is 882. The second-order valence-electron chi connectivity index (χ2n) is 4.97. The van der Waals surface area contributed by atoms with Crippen LogP contribution in [0.5, 0.6) is 11.5 Å². The number of nitro groups is 1. The summed E-state index contributed by atoms with van der Waals surface area (Å²) >= 11 is 10.0. The van der Waals surface area contributed by atoms with Gasteiger partial charge in [-0.1, -0.05) is 15.9 Å². The molecule has 11 heteroatoms. The van der Waals surface area contributed by atoms with E-state index in [1.807, 2.05) is 0 Å². The van der Waals surface area contributed by atoms with Gasteiger partial charge >= 0.3 is 5.69 Å². The highest BCUT2D eigenvalue weighted by molar-refractivity contribution is 9.11. The number of nitro benzene ring substituents is 1. The van der Waals surface area contributed by atoms with Crippen molar-refractivity contribution < 1.29 is 19.2 Å². The van der Waals surface area contributed by atoms with Crippen LogP contribution >= 0.6 is 47.8 Å². The number of hydrazone groups is 1. The second kappa shape index (κ2) is 9.81. The molecule has 0 bridgehead atoms. The van der Waals surface area contributed by atoms with E-state index in [-0.39, 0.29) is 18.0 Å². The van der Waals surface area contributed by atoms with Crippen LogP contribution in [-0.2, 0) is 4.79 Å². The van der Waals surface area contributed by atoms with Gasteiger partial charge in [0.05, 0.1) is 27.2 Å². The average Bonchev–Trinajstić information content (AvgIpc) is 2.60. The maximum absolute atomic E-state index is 11.9. The summed E-state index contributed by atoms with van der Waals surface area (Å²) in [4.78, 5) is 22.3. The summed E-state index contributed by atoms with van der Waals surface area (Å²) in [6, 6.07) is 7.89. The fourth-order valence-corrected chi connectivity index (χ4v) is 4.43. The molecule has 1 N–H and O–H groups in total. The third kappa shape index (κ3) is 6.01. The van der Waals surface area contributed by atoms with Gasteiger partial charge in [0.2, 0.25) is 0 Å². The summed E-state index contributed by atoms with van der Waals surface area (Å²) in [5.74, 6) is 0.124. The lowest BCUT2D eigenvalue weighted by atomic mass is 10.2. The highest BCUT2D eigenvalue weighted by Gasteiger charge is 2.14. The lowest BCUT2D eigenvalue weighted by molar-refractivity contribution is -0.385. The first-order valence-electron chi connectivity index (χ1n) is 7.23.